The summed E-state index contributed by atoms with van der Waals surface area (Å²) >= 11 is 0. The first-order valence-electron chi connectivity index (χ1n) is 6.41. The van der Waals surface area contributed by atoms with E-state index in [1.54, 1.807) is 26.1 Å². The van der Waals surface area contributed by atoms with Gasteiger partial charge in [-0.05, 0) is 24.6 Å². The zero-order valence-electron chi connectivity index (χ0n) is 12.4. The molecular weight excluding hydrogens is 308 g/mol. The van der Waals surface area contributed by atoms with Crippen molar-refractivity contribution in [3.63, 3.8) is 0 Å². The van der Waals surface area contributed by atoms with Crippen molar-refractivity contribution in [2.24, 2.45) is 7.05 Å². The summed E-state index contributed by atoms with van der Waals surface area (Å²) in [5, 5.41) is 18.1. The molecule has 0 aliphatic carbocycles. The fourth-order valence-electron chi connectivity index (χ4n) is 2.10. The van der Waals surface area contributed by atoms with Gasteiger partial charge < -0.3 is 5.32 Å². The number of hydrogen-bond acceptors (Lipinski definition) is 6. The Morgan fingerprint density at radius 3 is 2.41 bits per heavy atom. The summed E-state index contributed by atoms with van der Waals surface area (Å²) in [6.45, 7) is 1.90. The molecule has 1 N–H and O–H groups in total. The molecule has 0 atom stereocenters. The van der Waals surface area contributed by atoms with Crippen molar-refractivity contribution in [3.8, 4) is 0 Å². The molecule has 0 amide bonds. The van der Waals surface area contributed by atoms with E-state index in [4.69, 9.17) is 0 Å². The van der Waals surface area contributed by atoms with Crippen molar-refractivity contribution in [1.29, 1.82) is 0 Å². The number of sulfone groups is 1. The van der Waals surface area contributed by atoms with E-state index in [9.17, 15) is 18.5 Å². The van der Waals surface area contributed by atoms with Crippen molar-refractivity contribution in [3.05, 3.63) is 45.6 Å². The van der Waals surface area contributed by atoms with Crippen LogP contribution in [0.2, 0.25) is 0 Å². The Labute approximate surface area is 127 Å². The van der Waals surface area contributed by atoms with Crippen LogP contribution in [0.3, 0.4) is 0 Å². The predicted molar refractivity (Wildman–Crippen MR) is 81.5 cm³/mol. The van der Waals surface area contributed by atoms with Gasteiger partial charge in [0.2, 0.25) is 5.82 Å². The number of nitro groups is 1. The molecule has 22 heavy (non-hydrogen) atoms. The number of aromatic nitrogens is 2. The first-order chi connectivity index (χ1) is 10.2. The van der Waals surface area contributed by atoms with Crippen LogP contribution in [-0.4, -0.2) is 29.4 Å². The number of aryl methyl sites for hydroxylation is 2. The minimum absolute atomic E-state index is 0.0599. The van der Waals surface area contributed by atoms with Gasteiger partial charge in [0.25, 0.3) is 0 Å². The molecule has 0 radical (unpaired) electrons. The SMILES string of the molecule is Cc1nn(C)c(NCc2ccc(S(C)(=O)=O)cc2)c1[N+](=O)[O-]. The van der Waals surface area contributed by atoms with Gasteiger partial charge in [0.15, 0.2) is 9.84 Å². The molecule has 0 unspecified atom stereocenters. The zero-order chi connectivity index (χ0) is 16.5. The molecule has 1 aromatic heterocycles. The zero-order valence-corrected chi connectivity index (χ0v) is 13.2. The standard InChI is InChI=1S/C13H16N4O4S/c1-9-12(17(18)19)13(16(2)15-9)14-8-10-4-6-11(7-5-10)22(3,20)21/h4-7,14H,8H2,1-3H3. The highest BCUT2D eigenvalue weighted by molar-refractivity contribution is 7.90. The Morgan fingerprint density at radius 1 is 1.32 bits per heavy atom. The van der Waals surface area contributed by atoms with Crippen LogP contribution in [0.1, 0.15) is 11.3 Å². The summed E-state index contributed by atoms with van der Waals surface area (Å²) in [7, 11) is -1.61. The molecule has 0 aliphatic heterocycles. The molecule has 0 bridgehead atoms. The molecule has 8 nitrogen and oxygen atoms in total. The first kappa shape index (κ1) is 16.0. The van der Waals surface area contributed by atoms with Crippen LogP contribution in [0.15, 0.2) is 29.2 Å². The Hall–Kier alpha value is -2.42. The van der Waals surface area contributed by atoms with Crippen LogP contribution in [0.4, 0.5) is 11.5 Å². The summed E-state index contributed by atoms with van der Waals surface area (Å²) in [4.78, 5) is 10.8. The van der Waals surface area contributed by atoms with Gasteiger partial charge in [-0.1, -0.05) is 12.1 Å². The molecule has 9 heteroatoms. The van der Waals surface area contributed by atoms with E-state index in [-0.39, 0.29) is 10.6 Å². The van der Waals surface area contributed by atoms with Crippen molar-refractivity contribution < 1.29 is 13.3 Å². The van der Waals surface area contributed by atoms with Crippen molar-refractivity contribution in [2.45, 2.75) is 18.4 Å². The normalized spacial score (nSPS) is 11.4. The number of anilines is 1. The van der Waals surface area contributed by atoms with Crippen LogP contribution in [0.25, 0.3) is 0 Å². The topological polar surface area (TPSA) is 107 Å². The van der Waals surface area contributed by atoms with Crippen LogP contribution < -0.4 is 5.32 Å². The third-order valence-corrected chi connectivity index (χ3v) is 4.31. The summed E-state index contributed by atoms with van der Waals surface area (Å²) in [5.74, 6) is 0.315. The summed E-state index contributed by atoms with van der Waals surface area (Å²) in [6, 6.07) is 6.35. The Morgan fingerprint density at radius 2 is 1.91 bits per heavy atom. The predicted octanol–water partition coefficient (Wildman–Crippen LogP) is 1.65. The molecule has 2 aromatic rings. The van der Waals surface area contributed by atoms with Crippen LogP contribution in [0.5, 0.6) is 0 Å². The van der Waals surface area contributed by atoms with Crippen LogP contribution >= 0.6 is 0 Å². The summed E-state index contributed by atoms with van der Waals surface area (Å²) in [6.07, 6.45) is 1.14. The minimum Gasteiger partial charge on any atom is -0.360 e. The van der Waals surface area contributed by atoms with Crippen molar-refractivity contribution >= 4 is 21.3 Å². The van der Waals surface area contributed by atoms with Crippen molar-refractivity contribution in [1.82, 2.24) is 9.78 Å². The maximum Gasteiger partial charge on any atom is 0.333 e. The maximum absolute atomic E-state index is 11.4. The monoisotopic (exact) mass is 324 g/mol. The molecule has 1 aromatic carbocycles. The van der Waals surface area contributed by atoms with Gasteiger partial charge in [-0.25, -0.2) is 13.1 Å². The molecule has 1 heterocycles. The lowest BCUT2D eigenvalue weighted by atomic mass is 10.2. The molecule has 0 saturated carbocycles. The number of rotatable bonds is 5. The highest BCUT2D eigenvalue weighted by Crippen LogP contribution is 2.27. The summed E-state index contributed by atoms with van der Waals surface area (Å²) in [5.41, 5.74) is 1.08. The highest BCUT2D eigenvalue weighted by atomic mass is 32.2. The number of nitrogens with one attached hydrogen (secondary N) is 1. The molecule has 0 saturated heterocycles. The maximum atomic E-state index is 11.4. The number of benzene rings is 1. The van der Waals surface area contributed by atoms with Gasteiger partial charge in [-0.15, -0.1) is 0 Å². The molecule has 2 rings (SSSR count). The minimum atomic E-state index is -3.23. The fourth-order valence-corrected chi connectivity index (χ4v) is 2.73. The van der Waals surface area contributed by atoms with Gasteiger partial charge in [0.1, 0.15) is 5.69 Å². The second-order valence-electron chi connectivity index (χ2n) is 4.93. The van der Waals surface area contributed by atoms with Gasteiger partial charge in [-0.3, -0.25) is 10.1 Å². The van der Waals surface area contributed by atoms with Gasteiger partial charge in [0.05, 0.1) is 9.82 Å². The number of hydrogen-bond donors (Lipinski definition) is 1. The average Bonchev–Trinajstić information content (AvgIpc) is 2.70. The van der Waals surface area contributed by atoms with Gasteiger partial charge in [0, 0.05) is 19.8 Å². The molecule has 0 fully saturated rings. The molecular formula is C13H16N4O4S. The van der Waals surface area contributed by atoms with E-state index in [1.807, 2.05) is 0 Å². The molecule has 0 spiro atoms. The average molecular weight is 324 g/mol. The lowest BCUT2D eigenvalue weighted by Crippen LogP contribution is -2.06. The van der Waals surface area contributed by atoms with Crippen LogP contribution in [-0.2, 0) is 23.4 Å². The smallest absolute Gasteiger partial charge is 0.333 e. The third kappa shape index (κ3) is 3.25. The second kappa shape index (κ2) is 5.76. The highest BCUT2D eigenvalue weighted by Gasteiger charge is 2.23. The van der Waals surface area contributed by atoms with E-state index >= 15 is 0 Å². The van der Waals surface area contributed by atoms with Crippen LogP contribution in [0, 0.1) is 17.0 Å². The lowest BCUT2D eigenvalue weighted by Gasteiger charge is -2.07. The second-order valence-corrected chi connectivity index (χ2v) is 6.95. The first-order valence-corrected chi connectivity index (χ1v) is 8.30. The van der Waals surface area contributed by atoms with E-state index in [1.165, 1.54) is 16.8 Å². The summed E-state index contributed by atoms with van der Waals surface area (Å²) < 4.78 is 24.2. The van der Waals surface area contributed by atoms with E-state index in [0.717, 1.165) is 11.8 Å². The van der Waals surface area contributed by atoms with E-state index in [2.05, 4.69) is 10.4 Å². The third-order valence-electron chi connectivity index (χ3n) is 3.18. The molecule has 118 valence electrons. The van der Waals surface area contributed by atoms with E-state index < -0.39 is 14.8 Å². The Balaban J connectivity index is 2.19. The number of nitrogens with zero attached hydrogens (tertiary/aromatic N) is 3. The fraction of sp³-hybridized carbons (Fsp3) is 0.308. The van der Waals surface area contributed by atoms with Gasteiger partial charge >= 0.3 is 5.69 Å². The van der Waals surface area contributed by atoms with Crippen molar-refractivity contribution in [2.75, 3.05) is 11.6 Å². The quantitative estimate of drug-likeness (QED) is 0.662. The van der Waals surface area contributed by atoms with E-state index in [0.29, 0.717) is 18.1 Å². The Kier molecular flexibility index (Phi) is 4.18. The lowest BCUT2D eigenvalue weighted by molar-refractivity contribution is -0.384. The van der Waals surface area contributed by atoms with Gasteiger partial charge in [-0.2, -0.15) is 5.10 Å². The Bertz CT molecular complexity index is 809. The largest absolute Gasteiger partial charge is 0.360 e. The molecule has 0 aliphatic rings.